The Morgan fingerprint density at radius 1 is 1.64 bits per heavy atom. The van der Waals surface area contributed by atoms with Gasteiger partial charge in [-0.25, -0.2) is 13.4 Å². The van der Waals surface area contributed by atoms with E-state index >= 15 is 0 Å². The first-order valence-corrected chi connectivity index (χ1v) is 6.29. The highest BCUT2D eigenvalue weighted by Gasteiger charge is 2.05. The molecule has 0 aliphatic rings. The van der Waals surface area contributed by atoms with Crippen LogP contribution < -0.4 is 0 Å². The van der Waals surface area contributed by atoms with Crippen LogP contribution >= 0.6 is 22.0 Å². The zero-order valence-electron chi connectivity index (χ0n) is 5.53. The van der Waals surface area contributed by atoms with Gasteiger partial charge in [0.1, 0.15) is 0 Å². The third-order valence-corrected chi connectivity index (χ3v) is 2.88. The predicted molar refractivity (Wildman–Crippen MR) is 45.5 cm³/mol. The number of hydrogen-bond acceptors (Lipinski definition) is 4. The normalized spacial score (nSPS) is 11.7. The number of halogens is 1. The van der Waals surface area contributed by atoms with Gasteiger partial charge in [0.2, 0.25) is 9.05 Å². The summed E-state index contributed by atoms with van der Waals surface area (Å²) in [5.74, 6) is -0.0434. The molecule has 0 saturated carbocycles. The smallest absolute Gasteiger partial charge is 0.232 e. The first-order chi connectivity index (χ1) is 5.08. The Labute approximate surface area is 73.5 Å². The van der Waals surface area contributed by atoms with E-state index < -0.39 is 9.05 Å². The minimum absolute atomic E-state index is 0.0434. The summed E-state index contributed by atoms with van der Waals surface area (Å²) in [5, 5.41) is 1.81. The standard InChI is InChI=1S/C5H6ClNO2S2/c6-11(8,9)2-1-5-3-10-4-7-5/h3-4H,1-2H2. The molecule has 0 bridgehead atoms. The van der Waals surface area contributed by atoms with E-state index in [1.165, 1.54) is 11.3 Å². The topological polar surface area (TPSA) is 47.0 Å². The second-order valence-corrected chi connectivity index (χ2v) is 5.59. The number of nitrogens with zero attached hydrogens (tertiary/aromatic N) is 1. The SMILES string of the molecule is O=S(=O)(Cl)CCc1cscn1. The lowest BCUT2D eigenvalue weighted by molar-refractivity contribution is 0.608. The number of aromatic nitrogens is 1. The van der Waals surface area contributed by atoms with Gasteiger partial charge in [-0.15, -0.1) is 11.3 Å². The van der Waals surface area contributed by atoms with Crippen LogP contribution in [0.25, 0.3) is 0 Å². The van der Waals surface area contributed by atoms with Crippen LogP contribution in [-0.2, 0) is 15.5 Å². The molecule has 0 fully saturated rings. The molecule has 0 aromatic carbocycles. The summed E-state index contributed by atoms with van der Waals surface area (Å²) in [7, 11) is 1.63. The summed E-state index contributed by atoms with van der Waals surface area (Å²) in [6.45, 7) is 0. The number of thiazole rings is 1. The van der Waals surface area contributed by atoms with Crippen LogP contribution in [0.2, 0.25) is 0 Å². The lowest BCUT2D eigenvalue weighted by atomic mass is 10.4. The first kappa shape index (κ1) is 8.96. The van der Waals surface area contributed by atoms with E-state index in [2.05, 4.69) is 4.98 Å². The van der Waals surface area contributed by atoms with Crippen LogP contribution in [0, 0.1) is 0 Å². The van der Waals surface area contributed by atoms with Gasteiger partial charge in [0, 0.05) is 22.5 Å². The van der Waals surface area contributed by atoms with Gasteiger partial charge in [-0.3, -0.25) is 0 Å². The lowest BCUT2D eigenvalue weighted by Crippen LogP contribution is -2.00. The minimum Gasteiger partial charge on any atom is -0.250 e. The zero-order chi connectivity index (χ0) is 8.32. The largest absolute Gasteiger partial charge is 0.250 e. The van der Waals surface area contributed by atoms with Crippen molar-refractivity contribution in [3.63, 3.8) is 0 Å². The summed E-state index contributed by atoms with van der Waals surface area (Å²) in [6, 6.07) is 0. The van der Waals surface area contributed by atoms with Crippen molar-refractivity contribution in [1.82, 2.24) is 4.98 Å². The molecule has 0 N–H and O–H groups in total. The van der Waals surface area contributed by atoms with E-state index in [0.717, 1.165) is 5.69 Å². The van der Waals surface area contributed by atoms with Gasteiger partial charge >= 0.3 is 0 Å². The van der Waals surface area contributed by atoms with Gasteiger partial charge < -0.3 is 0 Å². The summed E-state index contributed by atoms with van der Waals surface area (Å²) in [5.41, 5.74) is 2.44. The number of hydrogen-bond donors (Lipinski definition) is 0. The average molecular weight is 212 g/mol. The van der Waals surface area contributed by atoms with Crippen LogP contribution in [-0.4, -0.2) is 19.2 Å². The van der Waals surface area contributed by atoms with Crippen LogP contribution in [0.4, 0.5) is 0 Å². The van der Waals surface area contributed by atoms with Crippen LogP contribution in [0.15, 0.2) is 10.9 Å². The fraction of sp³-hybridized carbons (Fsp3) is 0.400. The number of rotatable bonds is 3. The second-order valence-electron chi connectivity index (χ2n) is 1.97. The number of aryl methyl sites for hydroxylation is 1. The van der Waals surface area contributed by atoms with Crippen molar-refractivity contribution in [3.8, 4) is 0 Å². The highest BCUT2D eigenvalue weighted by molar-refractivity contribution is 8.13. The van der Waals surface area contributed by atoms with E-state index in [1.54, 1.807) is 5.51 Å². The molecule has 0 radical (unpaired) electrons. The Balaban J connectivity index is 2.48. The van der Waals surface area contributed by atoms with Crippen LogP contribution in [0.3, 0.4) is 0 Å². The first-order valence-electron chi connectivity index (χ1n) is 2.87. The Morgan fingerprint density at radius 3 is 2.82 bits per heavy atom. The molecular formula is C5H6ClNO2S2. The average Bonchev–Trinajstić information content (AvgIpc) is 2.32. The van der Waals surface area contributed by atoms with E-state index in [4.69, 9.17) is 10.7 Å². The second kappa shape index (κ2) is 3.51. The van der Waals surface area contributed by atoms with Crippen molar-refractivity contribution in [2.75, 3.05) is 5.75 Å². The summed E-state index contributed by atoms with van der Waals surface area (Å²) in [4.78, 5) is 3.91. The van der Waals surface area contributed by atoms with Crippen LogP contribution in [0.5, 0.6) is 0 Å². The molecule has 0 spiro atoms. The molecule has 1 heterocycles. The quantitative estimate of drug-likeness (QED) is 0.708. The lowest BCUT2D eigenvalue weighted by Gasteiger charge is -1.91. The maximum Gasteiger partial charge on any atom is 0.232 e. The molecule has 0 amide bonds. The third-order valence-electron chi connectivity index (χ3n) is 1.09. The maximum absolute atomic E-state index is 10.5. The molecule has 0 aliphatic heterocycles. The Kier molecular flexibility index (Phi) is 2.86. The Hall–Kier alpha value is -0.130. The van der Waals surface area contributed by atoms with Gasteiger partial charge in [-0.1, -0.05) is 0 Å². The molecule has 0 unspecified atom stereocenters. The highest BCUT2D eigenvalue weighted by Crippen LogP contribution is 2.05. The van der Waals surface area contributed by atoms with Gasteiger partial charge in [-0.2, -0.15) is 0 Å². The molecule has 0 saturated heterocycles. The molecule has 11 heavy (non-hydrogen) atoms. The van der Waals surface area contributed by atoms with Gasteiger partial charge in [0.25, 0.3) is 0 Å². The Bertz CT molecular complexity index is 305. The van der Waals surface area contributed by atoms with E-state index in [1.807, 2.05) is 5.38 Å². The minimum atomic E-state index is -3.36. The van der Waals surface area contributed by atoms with Crippen molar-refractivity contribution in [2.24, 2.45) is 0 Å². The van der Waals surface area contributed by atoms with E-state index in [0.29, 0.717) is 6.42 Å². The zero-order valence-corrected chi connectivity index (χ0v) is 7.92. The predicted octanol–water partition coefficient (Wildman–Crippen LogP) is 1.25. The fourth-order valence-electron chi connectivity index (χ4n) is 0.587. The van der Waals surface area contributed by atoms with Crippen molar-refractivity contribution in [2.45, 2.75) is 6.42 Å². The highest BCUT2D eigenvalue weighted by atomic mass is 35.7. The van der Waals surface area contributed by atoms with Gasteiger partial charge in [0.05, 0.1) is 17.0 Å². The molecule has 0 atom stereocenters. The summed E-state index contributed by atoms with van der Waals surface area (Å²) < 4.78 is 20.9. The van der Waals surface area contributed by atoms with Crippen molar-refractivity contribution >= 4 is 31.1 Å². The molecule has 62 valence electrons. The molecule has 1 aromatic heterocycles. The van der Waals surface area contributed by atoms with Crippen LogP contribution in [0.1, 0.15) is 5.69 Å². The molecule has 3 nitrogen and oxygen atoms in total. The fourth-order valence-corrected chi connectivity index (χ4v) is 1.86. The molecule has 6 heteroatoms. The van der Waals surface area contributed by atoms with E-state index in [-0.39, 0.29) is 5.75 Å². The van der Waals surface area contributed by atoms with E-state index in [9.17, 15) is 8.42 Å². The van der Waals surface area contributed by atoms with Crippen molar-refractivity contribution < 1.29 is 8.42 Å². The Morgan fingerprint density at radius 2 is 2.36 bits per heavy atom. The molecule has 1 aromatic rings. The molecule has 0 aliphatic carbocycles. The maximum atomic E-state index is 10.5. The summed E-state index contributed by atoms with van der Waals surface area (Å²) in [6.07, 6.45) is 0.398. The van der Waals surface area contributed by atoms with Crippen molar-refractivity contribution in [3.05, 3.63) is 16.6 Å². The molecule has 1 rings (SSSR count). The molecular weight excluding hydrogens is 206 g/mol. The van der Waals surface area contributed by atoms with Crippen molar-refractivity contribution in [1.29, 1.82) is 0 Å². The monoisotopic (exact) mass is 211 g/mol. The van der Waals surface area contributed by atoms with Gasteiger partial charge in [0.15, 0.2) is 0 Å². The summed E-state index contributed by atoms with van der Waals surface area (Å²) >= 11 is 1.44. The third kappa shape index (κ3) is 3.69. The van der Waals surface area contributed by atoms with Gasteiger partial charge in [-0.05, 0) is 0 Å².